The minimum absolute atomic E-state index is 0.256. The van der Waals surface area contributed by atoms with Gasteiger partial charge in [0, 0.05) is 5.41 Å². The Hall–Kier alpha value is -1.56. The molecular formula is C22H22. The summed E-state index contributed by atoms with van der Waals surface area (Å²) in [6.45, 7) is 0. The van der Waals surface area contributed by atoms with Crippen molar-refractivity contribution >= 4 is 0 Å². The van der Waals surface area contributed by atoms with Crippen LogP contribution in [-0.4, -0.2) is 0 Å². The van der Waals surface area contributed by atoms with E-state index >= 15 is 0 Å². The quantitative estimate of drug-likeness (QED) is 0.596. The summed E-state index contributed by atoms with van der Waals surface area (Å²) >= 11 is 0. The fourth-order valence-electron chi connectivity index (χ4n) is 5.64. The summed E-state index contributed by atoms with van der Waals surface area (Å²) in [6, 6.07) is 20.0. The van der Waals surface area contributed by atoms with E-state index in [0.717, 1.165) is 11.8 Å². The van der Waals surface area contributed by atoms with Crippen molar-refractivity contribution in [2.75, 3.05) is 0 Å². The Balaban J connectivity index is 1.76. The molecule has 3 aliphatic carbocycles. The van der Waals surface area contributed by atoms with E-state index in [2.05, 4.69) is 48.5 Å². The average Bonchev–Trinajstić information content (AvgIpc) is 2.72. The second-order valence-corrected chi connectivity index (χ2v) is 7.67. The molecule has 3 aliphatic rings. The van der Waals surface area contributed by atoms with Gasteiger partial charge in [-0.2, -0.15) is 0 Å². The third kappa shape index (κ3) is 1.70. The number of fused-ring (bicyclic) bond motifs is 8. The van der Waals surface area contributed by atoms with Gasteiger partial charge in [0.2, 0.25) is 0 Å². The molecule has 1 spiro atoms. The molecule has 0 aromatic heterocycles. The Morgan fingerprint density at radius 3 is 1.86 bits per heavy atom. The van der Waals surface area contributed by atoms with Crippen molar-refractivity contribution in [1.82, 2.24) is 0 Å². The molecule has 0 heterocycles. The van der Waals surface area contributed by atoms with Crippen molar-refractivity contribution in [3.8, 4) is 11.1 Å². The van der Waals surface area contributed by atoms with Crippen LogP contribution in [0.3, 0.4) is 0 Å². The van der Waals surface area contributed by atoms with Crippen LogP contribution in [0.2, 0.25) is 0 Å². The Kier molecular flexibility index (Phi) is 2.77. The number of hydrogen-bond acceptors (Lipinski definition) is 0. The zero-order chi connectivity index (χ0) is 14.6. The molecule has 2 aromatic carbocycles. The predicted octanol–water partition coefficient (Wildman–Crippen LogP) is 5.54. The molecule has 2 aromatic rings. The maximum absolute atomic E-state index is 3.38. The van der Waals surface area contributed by atoms with E-state index in [-0.39, 0.29) is 5.41 Å². The number of rotatable bonds is 0. The standard InChI is InChI=1S/C22H22/c1-3-10-20-18(8-1)19-9-2-4-11-21(19)22(20)14-16-6-5-7-17(15-22)13-12-16/h1-2,8-11,16-17H,5-7,12-15H2. The minimum Gasteiger partial charge on any atom is -0.0537 e. The molecule has 0 N–H and O–H groups in total. The molecule has 2 bridgehead atoms. The maximum Gasteiger partial charge on any atom is 0.0220 e. The van der Waals surface area contributed by atoms with Crippen LogP contribution in [0.25, 0.3) is 11.1 Å². The van der Waals surface area contributed by atoms with Gasteiger partial charge in [-0.1, -0.05) is 56.4 Å². The average molecular weight is 286 g/mol. The Labute approximate surface area is 133 Å². The highest BCUT2D eigenvalue weighted by atomic mass is 14.5. The van der Waals surface area contributed by atoms with E-state index < -0.39 is 0 Å². The van der Waals surface area contributed by atoms with Gasteiger partial charge >= 0.3 is 0 Å². The smallest absolute Gasteiger partial charge is 0.0220 e. The zero-order valence-electron chi connectivity index (χ0n) is 13.1. The van der Waals surface area contributed by atoms with Gasteiger partial charge in [0.15, 0.2) is 0 Å². The monoisotopic (exact) mass is 286 g/mol. The van der Waals surface area contributed by atoms with Crippen molar-refractivity contribution in [3.63, 3.8) is 0 Å². The largest absolute Gasteiger partial charge is 0.0537 e. The van der Waals surface area contributed by atoms with Gasteiger partial charge in [-0.05, 0) is 71.2 Å². The fourth-order valence-corrected chi connectivity index (χ4v) is 5.64. The highest BCUT2D eigenvalue weighted by Crippen LogP contribution is 2.58. The maximum atomic E-state index is 3.38. The molecule has 2 radical (unpaired) electrons. The lowest BCUT2D eigenvalue weighted by molar-refractivity contribution is 0.294. The van der Waals surface area contributed by atoms with E-state index in [0.29, 0.717) is 0 Å². The second-order valence-electron chi connectivity index (χ2n) is 7.67. The number of benzene rings is 2. The SMILES string of the molecule is [c]1ccc2c(c1)C1(CC3CCCC(CC3)C1)c1c[c]ccc1-2. The first-order valence-corrected chi connectivity index (χ1v) is 8.88. The zero-order valence-corrected chi connectivity index (χ0v) is 13.1. The summed E-state index contributed by atoms with van der Waals surface area (Å²) in [6.07, 6.45) is 9.92. The molecule has 0 aliphatic heterocycles. The van der Waals surface area contributed by atoms with E-state index in [1.165, 1.54) is 56.1 Å². The van der Waals surface area contributed by atoms with Crippen LogP contribution in [-0.2, 0) is 5.41 Å². The van der Waals surface area contributed by atoms with Gasteiger partial charge in [-0.15, -0.1) is 0 Å². The highest BCUT2D eigenvalue weighted by Gasteiger charge is 2.47. The van der Waals surface area contributed by atoms with Crippen LogP contribution in [0.4, 0.5) is 0 Å². The lowest BCUT2D eigenvalue weighted by Gasteiger charge is -2.37. The lowest BCUT2D eigenvalue weighted by atomic mass is 9.66. The van der Waals surface area contributed by atoms with Gasteiger partial charge in [0.25, 0.3) is 0 Å². The third-order valence-electron chi connectivity index (χ3n) is 6.53. The summed E-state index contributed by atoms with van der Waals surface area (Å²) in [5.74, 6) is 1.82. The normalized spacial score (nSPS) is 28.0. The molecule has 0 heteroatoms. The first-order chi connectivity index (χ1) is 10.9. The van der Waals surface area contributed by atoms with Crippen molar-refractivity contribution in [2.45, 2.75) is 50.4 Å². The molecule has 2 atom stereocenters. The molecular weight excluding hydrogens is 264 g/mol. The van der Waals surface area contributed by atoms with E-state index in [4.69, 9.17) is 0 Å². The molecule has 0 amide bonds. The van der Waals surface area contributed by atoms with Crippen LogP contribution in [0.1, 0.15) is 56.1 Å². The molecule has 2 saturated carbocycles. The van der Waals surface area contributed by atoms with Crippen molar-refractivity contribution in [1.29, 1.82) is 0 Å². The molecule has 0 saturated heterocycles. The Bertz CT molecular complexity index is 650. The Morgan fingerprint density at radius 2 is 1.32 bits per heavy atom. The predicted molar refractivity (Wildman–Crippen MR) is 89.6 cm³/mol. The Morgan fingerprint density at radius 1 is 0.773 bits per heavy atom. The molecule has 2 unspecified atom stereocenters. The first kappa shape index (κ1) is 12.9. The molecule has 22 heavy (non-hydrogen) atoms. The second kappa shape index (κ2) is 4.72. The lowest BCUT2D eigenvalue weighted by Crippen LogP contribution is -2.30. The molecule has 110 valence electrons. The van der Waals surface area contributed by atoms with E-state index in [1.54, 1.807) is 11.1 Å². The van der Waals surface area contributed by atoms with Gasteiger partial charge in [0.05, 0.1) is 0 Å². The molecule has 0 nitrogen and oxygen atoms in total. The van der Waals surface area contributed by atoms with Gasteiger partial charge < -0.3 is 0 Å². The first-order valence-electron chi connectivity index (χ1n) is 8.88. The van der Waals surface area contributed by atoms with Crippen LogP contribution in [0, 0.1) is 24.0 Å². The van der Waals surface area contributed by atoms with Crippen molar-refractivity contribution in [3.05, 3.63) is 59.7 Å². The van der Waals surface area contributed by atoms with Crippen molar-refractivity contribution in [2.24, 2.45) is 11.8 Å². The van der Waals surface area contributed by atoms with Gasteiger partial charge in [-0.3, -0.25) is 0 Å². The summed E-state index contributed by atoms with van der Waals surface area (Å²) < 4.78 is 0. The highest BCUT2D eigenvalue weighted by molar-refractivity contribution is 5.80. The minimum atomic E-state index is 0.256. The number of hydrogen-bond donors (Lipinski definition) is 0. The van der Waals surface area contributed by atoms with Crippen LogP contribution in [0.15, 0.2) is 36.4 Å². The van der Waals surface area contributed by atoms with Crippen LogP contribution in [0.5, 0.6) is 0 Å². The molecule has 5 rings (SSSR count). The summed E-state index contributed by atoms with van der Waals surface area (Å²) in [5.41, 5.74) is 6.30. The van der Waals surface area contributed by atoms with E-state index in [9.17, 15) is 0 Å². The summed E-state index contributed by atoms with van der Waals surface area (Å²) in [7, 11) is 0. The topological polar surface area (TPSA) is 0 Å². The van der Waals surface area contributed by atoms with Crippen molar-refractivity contribution < 1.29 is 0 Å². The fraction of sp³-hybridized carbons (Fsp3) is 0.455. The summed E-state index contributed by atoms with van der Waals surface area (Å²) in [4.78, 5) is 0. The van der Waals surface area contributed by atoms with Gasteiger partial charge in [-0.25, -0.2) is 0 Å². The third-order valence-corrected chi connectivity index (χ3v) is 6.53. The van der Waals surface area contributed by atoms with E-state index in [1.807, 2.05) is 0 Å². The molecule has 2 fully saturated rings. The van der Waals surface area contributed by atoms with Crippen LogP contribution < -0.4 is 0 Å². The van der Waals surface area contributed by atoms with Crippen LogP contribution >= 0.6 is 0 Å². The summed E-state index contributed by atoms with van der Waals surface area (Å²) in [5, 5.41) is 0. The van der Waals surface area contributed by atoms with Gasteiger partial charge in [0.1, 0.15) is 0 Å².